The number of H-pyrrole nitrogens is 2. The van der Waals surface area contributed by atoms with Crippen LogP contribution in [0.25, 0.3) is 21.8 Å². The molecule has 0 bridgehead atoms. The fourth-order valence-corrected chi connectivity index (χ4v) is 8.87. The van der Waals surface area contributed by atoms with Crippen molar-refractivity contribution in [2.75, 3.05) is 56.7 Å². The summed E-state index contributed by atoms with van der Waals surface area (Å²) in [5, 5.41) is 16.0. The highest BCUT2D eigenvalue weighted by molar-refractivity contribution is 7.88. The van der Waals surface area contributed by atoms with Crippen LogP contribution >= 0.6 is 0 Å². The third kappa shape index (κ3) is 7.06. The molecule has 7 rings (SSSR count). The van der Waals surface area contributed by atoms with Gasteiger partial charge in [0.1, 0.15) is 0 Å². The smallest absolute Gasteiger partial charge is 0.263 e. The van der Waals surface area contributed by atoms with Crippen LogP contribution in [0, 0.1) is 0 Å². The van der Waals surface area contributed by atoms with Crippen LogP contribution < -0.4 is 4.90 Å². The summed E-state index contributed by atoms with van der Waals surface area (Å²) in [7, 11) is -6.27. The third-order valence-electron chi connectivity index (χ3n) is 9.64. The van der Waals surface area contributed by atoms with Crippen molar-refractivity contribution in [3.63, 3.8) is 0 Å². The Labute approximate surface area is 268 Å². The van der Waals surface area contributed by atoms with Crippen molar-refractivity contribution >= 4 is 47.5 Å². The van der Waals surface area contributed by atoms with Gasteiger partial charge in [0, 0.05) is 61.3 Å². The van der Waals surface area contributed by atoms with Gasteiger partial charge in [-0.2, -0.15) is 10.2 Å². The van der Waals surface area contributed by atoms with E-state index in [9.17, 15) is 25.6 Å². The fourth-order valence-electron chi connectivity index (χ4n) is 7.12. The first-order valence-electron chi connectivity index (χ1n) is 15.8. The Morgan fingerprint density at radius 3 is 1.61 bits per heavy atom. The number of alkyl halides is 2. The topological polar surface area (TPSA) is 135 Å². The molecule has 3 aliphatic rings. The van der Waals surface area contributed by atoms with Crippen molar-refractivity contribution in [1.29, 1.82) is 0 Å². The number of halogens is 2. The van der Waals surface area contributed by atoms with E-state index in [1.54, 1.807) is 10.5 Å². The lowest BCUT2D eigenvalue weighted by atomic mass is 9.87. The average molecular weight is 678 g/mol. The van der Waals surface area contributed by atoms with Crippen molar-refractivity contribution in [2.24, 2.45) is 0 Å². The molecule has 2 aromatic heterocycles. The van der Waals surface area contributed by atoms with E-state index in [-0.39, 0.29) is 11.5 Å². The summed E-state index contributed by atoms with van der Waals surface area (Å²) in [6, 6.07) is 7.46. The summed E-state index contributed by atoms with van der Waals surface area (Å²) in [6.45, 7) is 4.29. The maximum atomic E-state index is 13.0. The highest BCUT2D eigenvalue weighted by Crippen LogP contribution is 2.38. The third-order valence-corrected chi connectivity index (χ3v) is 12.2. The maximum absolute atomic E-state index is 13.0. The van der Waals surface area contributed by atoms with Crippen LogP contribution in [0.5, 0.6) is 0 Å². The van der Waals surface area contributed by atoms with E-state index >= 15 is 0 Å². The number of aromatic nitrogens is 4. The average Bonchev–Trinajstić information content (AvgIpc) is 3.82. The molecule has 0 saturated carbocycles. The zero-order valence-corrected chi connectivity index (χ0v) is 27.8. The van der Waals surface area contributed by atoms with Gasteiger partial charge in [-0.3, -0.25) is 10.2 Å². The van der Waals surface area contributed by atoms with Crippen LogP contribution in [0.15, 0.2) is 36.7 Å². The maximum Gasteiger partial charge on any atom is 0.263 e. The SMILES string of the molecule is CS(=O)(=O)N1CCC(c2cc(C(F)F)cc3[nH]ncc23)CC1.CS(=O)(=O)N1CCC(c2cc(N3CCCC3)cc3[nH]ncc23)CC1. The molecule has 15 heteroatoms. The number of piperidine rings is 2. The molecule has 250 valence electrons. The number of nitrogens with one attached hydrogen (secondary N) is 2. The first-order chi connectivity index (χ1) is 21.9. The monoisotopic (exact) mass is 677 g/mol. The van der Waals surface area contributed by atoms with Gasteiger partial charge in [-0.15, -0.1) is 0 Å². The molecule has 5 heterocycles. The molecule has 3 fully saturated rings. The number of rotatable bonds is 6. The van der Waals surface area contributed by atoms with Crippen LogP contribution in [0.2, 0.25) is 0 Å². The molecule has 3 saturated heterocycles. The standard InChI is InChI=1S/C17H24N4O2S.C14H17F2N3O2S/c1-24(22,23)21-8-4-13(5-9-21)15-10-14(20-6-2-3-7-20)11-17-16(15)12-18-19-17;1-22(20,21)19-4-2-9(3-5-19)11-6-10(14(15)16)7-13-12(11)8-17-18-13/h10-13H,2-9H2,1H3,(H,18,19);6-9,14H,2-5H2,1H3,(H,17,18). The molecule has 3 aliphatic heterocycles. The van der Waals surface area contributed by atoms with E-state index in [1.165, 1.54) is 58.4 Å². The van der Waals surface area contributed by atoms with Crippen molar-refractivity contribution in [3.8, 4) is 0 Å². The quantitative estimate of drug-likeness (QED) is 0.295. The van der Waals surface area contributed by atoms with Gasteiger partial charge in [-0.05, 0) is 85.8 Å². The molecule has 0 amide bonds. The molecule has 2 aromatic carbocycles. The minimum absolute atomic E-state index is 0.0303. The molecule has 2 N–H and O–H groups in total. The lowest BCUT2D eigenvalue weighted by Crippen LogP contribution is -2.37. The first kappa shape index (κ1) is 32.8. The summed E-state index contributed by atoms with van der Waals surface area (Å²) in [4.78, 5) is 2.44. The van der Waals surface area contributed by atoms with E-state index in [2.05, 4.69) is 37.4 Å². The van der Waals surface area contributed by atoms with Crippen molar-refractivity contribution in [3.05, 3.63) is 53.3 Å². The number of hydrogen-bond donors (Lipinski definition) is 2. The van der Waals surface area contributed by atoms with Crippen molar-refractivity contribution < 1.29 is 25.6 Å². The number of anilines is 1. The van der Waals surface area contributed by atoms with Gasteiger partial charge in [0.2, 0.25) is 20.0 Å². The summed E-state index contributed by atoms with van der Waals surface area (Å²) >= 11 is 0. The number of fused-ring (bicyclic) bond motifs is 2. The molecule has 11 nitrogen and oxygen atoms in total. The van der Waals surface area contributed by atoms with E-state index in [0.29, 0.717) is 50.5 Å². The van der Waals surface area contributed by atoms with E-state index in [4.69, 9.17) is 0 Å². The van der Waals surface area contributed by atoms with E-state index < -0.39 is 26.5 Å². The molecule has 0 radical (unpaired) electrons. The number of aromatic amines is 2. The lowest BCUT2D eigenvalue weighted by molar-refractivity contribution is 0.151. The molecular formula is C31H41F2N7O4S2. The molecule has 0 atom stereocenters. The van der Waals surface area contributed by atoms with Crippen molar-refractivity contribution in [2.45, 2.75) is 56.8 Å². The van der Waals surface area contributed by atoms with Crippen LogP contribution in [0.1, 0.15) is 73.5 Å². The second kappa shape index (κ2) is 13.2. The minimum atomic E-state index is -3.19. The normalized spacial score (nSPS) is 19.7. The Hall–Kier alpha value is -3.14. The minimum Gasteiger partial charge on any atom is -0.371 e. The highest BCUT2D eigenvalue weighted by Gasteiger charge is 2.29. The Bertz CT molecular complexity index is 1890. The van der Waals surface area contributed by atoms with Gasteiger partial charge < -0.3 is 4.90 Å². The summed E-state index contributed by atoms with van der Waals surface area (Å²) < 4.78 is 75.7. The molecule has 0 spiro atoms. The summed E-state index contributed by atoms with van der Waals surface area (Å²) in [5.74, 6) is 0.461. The van der Waals surface area contributed by atoms with Gasteiger partial charge in [0.15, 0.2) is 0 Å². The summed E-state index contributed by atoms with van der Waals surface area (Å²) in [5.41, 5.74) is 5.06. The van der Waals surface area contributed by atoms with Gasteiger partial charge in [-0.25, -0.2) is 34.2 Å². The zero-order chi connectivity index (χ0) is 32.6. The Balaban J connectivity index is 0.000000162. The number of sulfonamides is 2. The molecule has 0 unspecified atom stereocenters. The molecule has 4 aromatic rings. The second-order valence-corrected chi connectivity index (χ2v) is 16.6. The largest absolute Gasteiger partial charge is 0.371 e. The van der Waals surface area contributed by atoms with E-state index in [0.717, 1.165) is 42.4 Å². The number of hydrogen-bond acceptors (Lipinski definition) is 7. The van der Waals surface area contributed by atoms with Gasteiger partial charge in [0.25, 0.3) is 6.43 Å². The summed E-state index contributed by atoms with van der Waals surface area (Å²) in [6.07, 6.45) is 9.00. The number of benzene rings is 2. The Morgan fingerprint density at radius 1 is 0.696 bits per heavy atom. The van der Waals surface area contributed by atoms with Crippen molar-refractivity contribution in [1.82, 2.24) is 29.0 Å². The van der Waals surface area contributed by atoms with E-state index in [1.807, 2.05) is 6.20 Å². The predicted molar refractivity (Wildman–Crippen MR) is 175 cm³/mol. The lowest BCUT2D eigenvalue weighted by Gasteiger charge is -2.31. The van der Waals surface area contributed by atoms with Gasteiger partial charge in [0.05, 0.1) is 35.9 Å². The van der Waals surface area contributed by atoms with Crippen LogP contribution in [-0.4, -0.2) is 97.6 Å². The Morgan fingerprint density at radius 2 is 1.15 bits per heavy atom. The number of nitrogens with zero attached hydrogens (tertiary/aromatic N) is 5. The first-order valence-corrected chi connectivity index (χ1v) is 19.5. The molecule has 0 aliphatic carbocycles. The predicted octanol–water partition coefficient (Wildman–Crippen LogP) is 4.94. The van der Waals surface area contributed by atoms with Crippen LogP contribution in [0.3, 0.4) is 0 Å². The molecule has 46 heavy (non-hydrogen) atoms. The van der Waals surface area contributed by atoms with Gasteiger partial charge >= 0.3 is 0 Å². The second-order valence-electron chi connectivity index (χ2n) is 12.7. The molecular weight excluding hydrogens is 637 g/mol. The Kier molecular flexibility index (Phi) is 9.38. The van der Waals surface area contributed by atoms with Gasteiger partial charge in [-0.1, -0.05) is 0 Å². The highest BCUT2D eigenvalue weighted by atomic mass is 32.2. The zero-order valence-electron chi connectivity index (χ0n) is 26.1. The van der Waals surface area contributed by atoms with Crippen LogP contribution in [-0.2, 0) is 20.0 Å². The van der Waals surface area contributed by atoms with Crippen LogP contribution in [0.4, 0.5) is 14.5 Å². The fraction of sp³-hybridized carbons (Fsp3) is 0.548.